The van der Waals surface area contributed by atoms with E-state index in [1.54, 1.807) is 18.1 Å². The van der Waals surface area contributed by atoms with E-state index in [0.29, 0.717) is 25.6 Å². The van der Waals surface area contributed by atoms with E-state index in [9.17, 15) is 0 Å². The lowest BCUT2D eigenvalue weighted by Gasteiger charge is -2.07. The van der Waals surface area contributed by atoms with Gasteiger partial charge in [0.15, 0.2) is 12.4 Å². The number of imidazole rings is 1. The van der Waals surface area contributed by atoms with Gasteiger partial charge in [0.1, 0.15) is 0 Å². The molecule has 0 aliphatic carbocycles. The van der Waals surface area contributed by atoms with Crippen LogP contribution in [0.3, 0.4) is 0 Å². The van der Waals surface area contributed by atoms with Crippen molar-refractivity contribution in [3.63, 3.8) is 0 Å². The highest BCUT2D eigenvalue weighted by Gasteiger charge is 2.01. The third-order valence-electron chi connectivity index (χ3n) is 2.47. The van der Waals surface area contributed by atoms with Gasteiger partial charge in [0.2, 0.25) is 5.96 Å². The van der Waals surface area contributed by atoms with Crippen molar-refractivity contribution in [3.05, 3.63) is 17.7 Å². The highest BCUT2D eigenvalue weighted by atomic mass is 32.2. The van der Waals surface area contributed by atoms with Gasteiger partial charge in [-0.3, -0.25) is 10.3 Å². The summed E-state index contributed by atoms with van der Waals surface area (Å²) >= 11 is 1.73. The van der Waals surface area contributed by atoms with Crippen molar-refractivity contribution < 1.29 is 0 Å². The standard InChI is InChI=1S/C12H18N8S/c1-10-11(20-9-19-10)6-21-5-4-17-12(18-8-14)16-3-2-15-7-13/h9,15H,2-6H2,1H3,(H,19,20)(H2,16,17,18). The van der Waals surface area contributed by atoms with E-state index in [2.05, 4.69) is 30.9 Å². The van der Waals surface area contributed by atoms with Crippen LogP contribution in [0.4, 0.5) is 0 Å². The number of rotatable bonds is 8. The first-order chi connectivity index (χ1) is 10.3. The number of hydrogen-bond donors (Lipinski definition) is 4. The Morgan fingerprint density at radius 2 is 2.29 bits per heavy atom. The van der Waals surface area contributed by atoms with E-state index in [1.807, 2.05) is 19.3 Å². The lowest BCUT2D eigenvalue weighted by atomic mass is 10.4. The Hall–Kier alpha value is -2.39. The van der Waals surface area contributed by atoms with Gasteiger partial charge >= 0.3 is 0 Å². The van der Waals surface area contributed by atoms with Crippen molar-refractivity contribution in [1.82, 2.24) is 25.9 Å². The quantitative estimate of drug-likeness (QED) is 0.176. The van der Waals surface area contributed by atoms with Crippen molar-refractivity contribution in [2.24, 2.45) is 4.99 Å². The molecular weight excluding hydrogens is 288 g/mol. The summed E-state index contributed by atoms with van der Waals surface area (Å²) in [6.07, 6.45) is 5.35. The average Bonchev–Trinajstić information content (AvgIpc) is 2.88. The third-order valence-corrected chi connectivity index (χ3v) is 3.42. The third kappa shape index (κ3) is 7.09. The highest BCUT2D eigenvalue weighted by molar-refractivity contribution is 7.98. The van der Waals surface area contributed by atoms with Crippen LogP contribution in [0, 0.1) is 29.8 Å². The van der Waals surface area contributed by atoms with E-state index in [1.165, 1.54) is 0 Å². The molecule has 0 radical (unpaired) electrons. The Kier molecular flexibility index (Phi) is 8.26. The minimum absolute atomic E-state index is 0.425. The molecule has 9 heteroatoms. The van der Waals surface area contributed by atoms with Crippen molar-refractivity contribution in [1.29, 1.82) is 10.5 Å². The molecule has 21 heavy (non-hydrogen) atoms. The first-order valence-electron chi connectivity index (χ1n) is 6.40. The molecule has 8 nitrogen and oxygen atoms in total. The van der Waals surface area contributed by atoms with E-state index in [-0.39, 0.29) is 0 Å². The Morgan fingerprint density at radius 3 is 2.95 bits per heavy atom. The van der Waals surface area contributed by atoms with Crippen LogP contribution < -0.4 is 16.0 Å². The summed E-state index contributed by atoms with van der Waals surface area (Å²) in [5, 5.41) is 24.9. The zero-order chi connectivity index (χ0) is 15.3. The number of nitrogens with one attached hydrogen (secondary N) is 4. The van der Waals surface area contributed by atoms with Crippen LogP contribution in [0.25, 0.3) is 0 Å². The van der Waals surface area contributed by atoms with Gasteiger partial charge in [0.25, 0.3) is 0 Å². The number of aromatic nitrogens is 2. The molecule has 4 N–H and O–H groups in total. The fourth-order valence-electron chi connectivity index (χ4n) is 1.42. The maximum Gasteiger partial charge on any atom is 0.204 e. The van der Waals surface area contributed by atoms with Crippen molar-refractivity contribution in [3.8, 4) is 12.4 Å². The van der Waals surface area contributed by atoms with Crippen molar-refractivity contribution in [2.75, 3.05) is 25.4 Å². The predicted molar refractivity (Wildman–Crippen MR) is 82.2 cm³/mol. The summed E-state index contributed by atoms with van der Waals surface area (Å²) in [5.41, 5.74) is 2.14. The van der Waals surface area contributed by atoms with E-state index < -0.39 is 0 Å². The van der Waals surface area contributed by atoms with Gasteiger partial charge in [-0.05, 0) is 6.92 Å². The minimum atomic E-state index is 0.425. The topological polar surface area (TPSA) is 125 Å². The fraction of sp³-hybridized carbons (Fsp3) is 0.500. The number of aryl methyl sites for hydroxylation is 1. The number of guanidine groups is 1. The summed E-state index contributed by atoms with van der Waals surface area (Å²) in [6.45, 7) is 3.59. The summed E-state index contributed by atoms with van der Waals surface area (Å²) in [4.78, 5) is 11.5. The summed E-state index contributed by atoms with van der Waals surface area (Å²) in [7, 11) is 0. The molecule has 0 aromatic carbocycles. The molecule has 0 amide bonds. The molecule has 0 aliphatic rings. The van der Waals surface area contributed by atoms with Crippen LogP contribution >= 0.6 is 11.8 Å². The molecule has 0 saturated heterocycles. The van der Waals surface area contributed by atoms with Gasteiger partial charge in [-0.2, -0.15) is 22.3 Å². The number of thioether (sulfide) groups is 1. The lowest BCUT2D eigenvalue weighted by Crippen LogP contribution is -2.38. The molecule has 1 aromatic rings. The van der Waals surface area contributed by atoms with Gasteiger partial charge < -0.3 is 15.6 Å². The summed E-state index contributed by atoms with van der Waals surface area (Å²) < 4.78 is 0. The molecule has 0 fully saturated rings. The maximum absolute atomic E-state index is 8.63. The zero-order valence-electron chi connectivity index (χ0n) is 11.8. The number of H-pyrrole nitrogens is 1. The van der Waals surface area contributed by atoms with Gasteiger partial charge in [0, 0.05) is 30.3 Å². The van der Waals surface area contributed by atoms with Crippen LogP contribution in [0.5, 0.6) is 0 Å². The maximum atomic E-state index is 8.63. The summed E-state index contributed by atoms with van der Waals surface area (Å²) in [6, 6.07) is 0. The molecule has 1 aromatic heterocycles. The largest absolute Gasteiger partial charge is 0.354 e. The van der Waals surface area contributed by atoms with Gasteiger partial charge in [0.05, 0.1) is 18.6 Å². The SMILES string of the molecule is Cc1[nH]cnc1CSCCN=C(NC#N)NCCNC#N. The van der Waals surface area contributed by atoms with Gasteiger partial charge in [-0.25, -0.2) is 4.98 Å². The molecule has 0 unspecified atom stereocenters. The number of aliphatic imine (C=N–C) groups is 1. The molecular formula is C12H18N8S. The lowest BCUT2D eigenvalue weighted by molar-refractivity contribution is 0.781. The van der Waals surface area contributed by atoms with Crippen molar-refractivity contribution >= 4 is 17.7 Å². The van der Waals surface area contributed by atoms with E-state index in [4.69, 9.17) is 10.5 Å². The monoisotopic (exact) mass is 306 g/mol. The normalized spacial score (nSPS) is 10.5. The fourth-order valence-corrected chi connectivity index (χ4v) is 2.26. The molecule has 1 heterocycles. The van der Waals surface area contributed by atoms with Crippen molar-refractivity contribution in [2.45, 2.75) is 12.7 Å². The zero-order valence-corrected chi connectivity index (χ0v) is 12.6. The number of hydrogen-bond acceptors (Lipinski definition) is 6. The van der Waals surface area contributed by atoms with Crippen LogP contribution in [0.15, 0.2) is 11.3 Å². The van der Waals surface area contributed by atoms with Gasteiger partial charge in [-0.1, -0.05) is 0 Å². The Bertz CT molecular complexity index is 524. The average molecular weight is 306 g/mol. The Labute approximate surface area is 128 Å². The number of aromatic amines is 1. The number of nitriles is 2. The summed E-state index contributed by atoms with van der Waals surface area (Å²) in [5.74, 6) is 2.10. The Morgan fingerprint density at radius 1 is 1.43 bits per heavy atom. The molecule has 1 rings (SSSR count). The molecule has 0 bridgehead atoms. The molecule has 0 atom stereocenters. The number of nitrogens with zero attached hydrogens (tertiary/aromatic N) is 4. The second-order valence-electron chi connectivity index (χ2n) is 3.96. The highest BCUT2D eigenvalue weighted by Crippen LogP contribution is 2.11. The smallest absolute Gasteiger partial charge is 0.204 e. The van der Waals surface area contributed by atoms with Crippen LogP contribution in [-0.2, 0) is 5.75 Å². The van der Waals surface area contributed by atoms with Crippen LogP contribution in [0.2, 0.25) is 0 Å². The molecule has 0 spiro atoms. The second-order valence-corrected chi connectivity index (χ2v) is 5.06. The molecule has 0 aliphatic heterocycles. The Balaban J connectivity index is 2.22. The second kappa shape index (κ2) is 10.4. The van der Waals surface area contributed by atoms with Crippen LogP contribution in [-0.4, -0.2) is 41.3 Å². The van der Waals surface area contributed by atoms with Gasteiger partial charge in [-0.15, -0.1) is 0 Å². The van der Waals surface area contributed by atoms with E-state index >= 15 is 0 Å². The first kappa shape index (κ1) is 16.7. The first-order valence-corrected chi connectivity index (χ1v) is 7.55. The molecule has 0 saturated carbocycles. The molecule has 112 valence electrons. The van der Waals surface area contributed by atoms with Crippen LogP contribution in [0.1, 0.15) is 11.4 Å². The van der Waals surface area contributed by atoms with E-state index in [0.717, 1.165) is 22.9 Å². The predicted octanol–water partition coefficient (Wildman–Crippen LogP) is 0.0383. The minimum Gasteiger partial charge on any atom is -0.354 e.